The van der Waals surface area contributed by atoms with Crippen molar-refractivity contribution in [3.05, 3.63) is 53.6 Å². The molecule has 4 heterocycles. The molecule has 1 saturated carbocycles. The number of anilines is 1. The van der Waals surface area contributed by atoms with Crippen LogP contribution in [0.1, 0.15) is 68.8 Å². The molecule has 10 heteroatoms. The number of methoxy groups -OCH3 is 1. The number of nitrogens with zero attached hydrogens (tertiary/aromatic N) is 3. The van der Waals surface area contributed by atoms with Gasteiger partial charge in [0.15, 0.2) is 5.76 Å². The number of nitrogens with one attached hydrogen (secondary N) is 1. The number of ether oxygens (including phenoxy) is 2. The van der Waals surface area contributed by atoms with Gasteiger partial charge in [0.05, 0.1) is 29.9 Å². The number of aromatic nitrogens is 1. The number of hydrogen-bond acceptors (Lipinski definition) is 6. The summed E-state index contributed by atoms with van der Waals surface area (Å²) in [4.78, 5) is 29.9. The Kier molecular flexibility index (Phi) is 8.64. The van der Waals surface area contributed by atoms with Crippen LogP contribution in [-0.4, -0.2) is 78.7 Å². The zero-order chi connectivity index (χ0) is 33.7. The second-order valence-electron chi connectivity index (χ2n) is 14.9. The molecule has 2 aromatic carbocycles. The highest BCUT2D eigenvalue weighted by Crippen LogP contribution is 2.40. The Balaban J connectivity index is 1.16. The highest BCUT2D eigenvalue weighted by molar-refractivity contribution is 6.00. The maximum absolute atomic E-state index is 14.8. The van der Waals surface area contributed by atoms with E-state index in [1.165, 1.54) is 34.3 Å². The van der Waals surface area contributed by atoms with Crippen LogP contribution in [-0.2, 0) is 16.0 Å². The number of alkyl carbamates (subject to hydrolysis) is 1. The molecule has 7 rings (SSSR count). The van der Waals surface area contributed by atoms with Crippen LogP contribution in [0.25, 0.3) is 33.3 Å². The lowest BCUT2D eigenvalue weighted by molar-refractivity contribution is 0.0394. The van der Waals surface area contributed by atoms with Crippen LogP contribution in [0.4, 0.5) is 14.9 Å². The Morgan fingerprint density at radius 2 is 1.79 bits per heavy atom. The summed E-state index contributed by atoms with van der Waals surface area (Å²) in [6, 6.07) is 13.9. The number of piperidine rings is 2. The van der Waals surface area contributed by atoms with E-state index in [0.717, 1.165) is 54.9 Å². The maximum atomic E-state index is 14.8. The molecule has 1 aliphatic carbocycles. The summed E-state index contributed by atoms with van der Waals surface area (Å²) in [7, 11) is 1.80. The summed E-state index contributed by atoms with van der Waals surface area (Å²) >= 11 is 0. The van der Waals surface area contributed by atoms with E-state index in [0.29, 0.717) is 23.2 Å². The third-order valence-electron chi connectivity index (χ3n) is 9.99. The molecule has 9 nitrogen and oxygen atoms in total. The first-order valence-electron chi connectivity index (χ1n) is 17.3. The number of furan rings is 1. The lowest BCUT2D eigenvalue weighted by Gasteiger charge is -2.35. The molecular formula is C38H47FN4O5. The fraction of sp³-hybridized carbons (Fsp3) is 0.526. The molecule has 0 radical (unpaired) electrons. The summed E-state index contributed by atoms with van der Waals surface area (Å²) in [5, 5.41) is 4.86. The Hall–Kier alpha value is -4.05. The van der Waals surface area contributed by atoms with Crippen molar-refractivity contribution in [3.63, 3.8) is 0 Å². The van der Waals surface area contributed by atoms with Crippen molar-refractivity contribution in [1.82, 2.24) is 14.8 Å². The third kappa shape index (κ3) is 6.77. The Morgan fingerprint density at radius 3 is 2.50 bits per heavy atom. The van der Waals surface area contributed by atoms with Gasteiger partial charge in [0.1, 0.15) is 17.4 Å². The number of hydrogen-bond donors (Lipinski definition) is 1. The van der Waals surface area contributed by atoms with Gasteiger partial charge in [-0.15, -0.1) is 0 Å². The number of alkyl halides is 1. The monoisotopic (exact) mass is 658 g/mol. The number of halogens is 1. The van der Waals surface area contributed by atoms with Crippen LogP contribution in [0.15, 0.2) is 46.9 Å². The Bertz CT molecular complexity index is 1830. The molecule has 4 aromatic rings. The first kappa shape index (κ1) is 32.5. The molecule has 0 unspecified atom stereocenters. The summed E-state index contributed by atoms with van der Waals surface area (Å²) < 4.78 is 34.8. The lowest BCUT2D eigenvalue weighted by atomic mass is 10.0. The number of fused-ring (bicyclic) bond motifs is 2. The average Bonchev–Trinajstić information content (AvgIpc) is 3.72. The quantitative estimate of drug-likeness (QED) is 0.222. The van der Waals surface area contributed by atoms with Crippen LogP contribution in [0.5, 0.6) is 0 Å². The van der Waals surface area contributed by atoms with Crippen LogP contribution in [0.2, 0.25) is 0 Å². The number of rotatable bonds is 7. The number of amides is 2. The number of likely N-dealkylation sites (tertiary alicyclic amines) is 1. The number of benzene rings is 2. The Morgan fingerprint density at radius 1 is 1.02 bits per heavy atom. The van der Waals surface area contributed by atoms with Gasteiger partial charge in [0, 0.05) is 67.3 Å². The standard InChI is InChI=1S/C38H47FN4O5/c1-23-31-11-9-26(36(44)42-21-27(39)18-28(22-42)40-37(45)48-38(2,3)4)17-34(31)47-35(23)33-16-25-8-10-29(41-14-12-30(46-5)13-15-41)19-32(25)43(33)20-24-6-7-24/h8-11,16-17,19,24,27-28,30H,6-7,12-15,18,20-22H2,1-5H3,(H,40,45)/t27-,28-/m1/s1. The van der Waals surface area contributed by atoms with Crippen LogP contribution in [0.3, 0.4) is 0 Å². The van der Waals surface area contributed by atoms with Gasteiger partial charge in [0.2, 0.25) is 0 Å². The van der Waals surface area contributed by atoms with Gasteiger partial charge in [0.25, 0.3) is 5.91 Å². The predicted octanol–water partition coefficient (Wildman–Crippen LogP) is 7.47. The molecule has 256 valence electrons. The molecule has 1 N–H and O–H groups in total. The maximum Gasteiger partial charge on any atom is 0.407 e. The molecule has 2 aromatic heterocycles. The summed E-state index contributed by atoms with van der Waals surface area (Å²) in [5.41, 5.74) is 4.88. The molecule has 48 heavy (non-hydrogen) atoms. The van der Waals surface area contributed by atoms with E-state index in [2.05, 4.69) is 46.0 Å². The smallest absolute Gasteiger partial charge is 0.407 e. The predicted molar refractivity (Wildman–Crippen MR) is 185 cm³/mol. The van der Waals surface area contributed by atoms with Gasteiger partial charge in [-0.25, -0.2) is 9.18 Å². The van der Waals surface area contributed by atoms with Crippen molar-refractivity contribution in [2.75, 3.05) is 38.2 Å². The van der Waals surface area contributed by atoms with Gasteiger partial charge in [-0.2, -0.15) is 0 Å². The minimum absolute atomic E-state index is 0.0283. The van der Waals surface area contributed by atoms with E-state index in [9.17, 15) is 14.0 Å². The Labute approximate surface area is 281 Å². The molecule has 2 atom stereocenters. The summed E-state index contributed by atoms with van der Waals surface area (Å²) in [6.45, 7) is 10.5. The SMILES string of the molecule is COC1CCN(c2ccc3cc(-c4oc5cc(C(=O)N6C[C@H](F)C[C@@H](NC(=O)OC(C)(C)C)C6)ccc5c4C)n(CC4CC4)c3c2)CC1. The van der Waals surface area contributed by atoms with E-state index in [1.54, 1.807) is 40.0 Å². The lowest BCUT2D eigenvalue weighted by Crippen LogP contribution is -2.54. The highest BCUT2D eigenvalue weighted by Gasteiger charge is 2.33. The van der Waals surface area contributed by atoms with E-state index in [4.69, 9.17) is 13.9 Å². The van der Waals surface area contributed by atoms with Gasteiger partial charge < -0.3 is 33.6 Å². The van der Waals surface area contributed by atoms with Gasteiger partial charge >= 0.3 is 6.09 Å². The van der Waals surface area contributed by atoms with E-state index >= 15 is 0 Å². The normalized spacial score (nSPS) is 20.9. The average molecular weight is 659 g/mol. The molecular weight excluding hydrogens is 611 g/mol. The zero-order valence-corrected chi connectivity index (χ0v) is 28.7. The first-order valence-corrected chi connectivity index (χ1v) is 17.3. The minimum atomic E-state index is -1.25. The molecule has 0 bridgehead atoms. The van der Waals surface area contributed by atoms with Crippen molar-refractivity contribution in [3.8, 4) is 11.5 Å². The fourth-order valence-electron chi connectivity index (χ4n) is 7.30. The molecule has 3 aliphatic rings. The van der Waals surface area contributed by atoms with Crippen molar-refractivity contribution < 1.29 is 27.9 Å². The van der Waals surface area contributed by atoms with Crippen LogP contribution < -0.4 is 10.2 Å². The van der Waals surface area contributed by atoms with Gasteiger partial charge in [-0.05, 0) is 89.6 Å². The second kappa shape index (κ2) is 12.8. The summed E-state index contributed by atoms with van der Waals surface area (Å²) in [5.74, 6) is 1.17. The zero-order valence-electron chi connectivity index (χ0n) is 28.7. The van der Waals surface area contributed by atoms with E-state index in [-0.39, 0.29) is 25.4 Å². The highest BCUT2D eigenvalue weighted by atomic mass is 19.1. The first-order chi connectivity index (χ1) is 23.0. The van der Waals surface area contributed by atoms with Gasteiger partial charge in [-0.3, -0.25) is 4.79 Å². The molecule has 2 saturated heterocycles. The fourth-order valence-corrected chi connectivity index (χ4v) is 7.30. The van der Waals surface area contributed by atoms with Crippen molar-refractivity contribution >= 4 is 39.6 Å². The molecule has 2 amide bonds. The minimum Gasteiger partial charge on any atom is -0.454 e. The molecule has 0 spiro atoms. The van der Waals surface area contributed by atoms with Crippen molar-refractivity contribution in [2.45, 2.75) is 90.3 Å². The summed E-state index contributed by atoms with van der Waals surface area (Å²) in [6.07, 6.45) is 3.12. The van der Waals surface area contributed by atoms with Crippen molar-refractivity contribution in [2.24, 2.45) is 5.92 Å². The number of aryl methyl sites for hydroxylation is 1. The van der Waals surface area contributed by atoms with Crippen LogP contribution in [0, 0.1) is 12.8 Å². The van der Waals surface area contributed by atoms with E-state index < -0.39 is 23.9 Å². The van der Waals surface area contributed by atoms with Crippen LogP contribution >= 0.6 is 0 Å². The largest absolute Gasteiger partial charge is 0.454 e. The van der Waals surface area contributed by atoms with E-state index in [1.807, 2.05) is 6.07 Å². The van der Waals surface area contributed by atoms with Gasteiger partial charge in [-0.1, -0.05) is 12.1 Å². The number of carbonyl (C=O) groups is 2. The molecule has 3 fully saturated rings. The van der Waals surface area contributed by atoms with Crippen molar-refractivity contribution in [1.29, 1.82) is 0 Å². The molecule has 2 aliphatic heterocycles. The second-order valence-corrected chi connectivity index (χ2v) is 14.9. The third-order valence-corrected chi connectivity index (χ3v) is 9.99. The number of carbonyl (C=O) groups excluding carboxylic acids is 2. The topological polar surface area (TPSA) is 89.2 Å².